The van der Waals surface area contributed by atoms with Gasteiger partial charge in [0.05, 0.1) is 5.92 Å². The largest absolute Gasteiger partial charge is 0.484 e. The molecule has 0 spiro atoms. The molecule has 0 saturated heterocycles. The molecule has 0 heterocycles. The quantitative estimate of drug-likeness (QED) is 0.833. The minimum atomic E-state index is -4.31. The molecule has 1 aliphatic carbocycles. The molecule has 1 amide bonds. The Bertz CT molecular complexity index is 601. The number of Topliss-reactive ketones (excluding diaryl/α,β-unsaturated/α-hetero) is 1. The summed E-state index contributed by atoms with van der Waals surface area (Å²) in [6.45, 7) is 1.02. The minimum Gasteiger partial charge on any atom is -0.484 e. The second-order valence-electron chi connectivity index (χ2n) is 5.98. The second kappa shape index (κ2) is 7.68. The highest BCUT2D eigenvalue weighted by atomic mass is 19.4. The Morgan fingerprint density at radius 2 is 1.96 bits per heavy atom. The maximum absolute atomic E-state index is 13.0. The summed E-state index contributed by atoms with van der Waals surface area (Å²) in [6, 6.07) is 5.40. The number of ether oxygens (including phenoxy) is 1. The summed E-state index contributed by atoms with van der Waals surface area (Å²) in [4.78, 5) is 23.2. The number of carbonyl (C=O) groups excluding carboxylic acids is 2. The van der Waals surface area contributed by atoms with Gasteiger partial charge < -0.3 is 10.1 Å². The van der Waals surface area contributed by atoms with Crippen molar-refractivity contribution >= 4 is 11.7 Å². The van der Waals surface area contributed by atoms with Crippen LogP contribution in [0.3, 0.4) is 0 Å². The molecule has 132 valence electrons. The average Bonchev–Trinajstić information content (AvgIpc) is 2.52. The van der Waals surface area contributed by atoms with Gasteiger partial charge in [-0.25, -0.2) is 0 Å². The molecule has 1 fully saturated rings. The number of benzene rings is 1. The third-order valence-corrected chi connectivity index (χ3v) is 4.14. The van der Waals surface area contributed by atoms with E-state index in [2.05, 4.69) is 5.32 Å². The Morgan fingerprint density at radius 3 is 2.62 bits per heavy atom. The molecule has 4 nitrogen and oxygen atoms in total. The number of nitrogens with one attached hydrogen (secondary N) is 1. The molecular formula is C17H20F3NO3. The SMILES string of the molecule is CC(=O)c1cccc(OCC(=O)N[C@@H]2CCCC[C@@H]2C(F)(F)F)c1. The summed E-state index contributed by atoms with van der Waals surface area (Å²) in [7, 11) is 0. The Kier molecular flexibility index (Phi) is 5.85. The van der Waals surface area contributed by atoms with Crippen LogP contribution in [0, 0.1) is 5.92 Å². The van der Waals surface area contributed by atoms with Crippen LogP contribution in [0.15, 0.2) is 24.3 Å². The predicted octanol–water partition coefficient (Wildman–Crippen LogP) is 3.51. The van der Waals surface area contributed by atoms with E-state index in [-0.39, 0.29) is 18.8 Å². The first kappa shape index (κ1) is 18.3. The van der Waals surface area contributed by atoms with Gasteiger partial charge in [0.15, 0.2) is 12.4 Å². The normalized spacial score (nSPS) is 21.2. The zero-order chi connectivity index (χ0) is 17.7. The van der Waals surface area contributed by atoms with E-state index in [1.54, 1.807) is 18.2 Å². The van der Waals surface area contributed by atoms with Gasteiger partial charge in [-0.15, -0.1) is 0 Å². The van der Waals surface area contributed by atoms with E-state index in [4.69, 9.17) is 4.74 Å². The van der Waals surface area contributed by atoms with Crippen molar-refractivity contribution in [1.29, 1.82) is 0 Å². The number of rotatable bonds is 5. The summed E-state index contributed by atoms with van der Waals surface area (Å²) in [5, 5.41) is 2.43. The van der Waals surface area contributed by atoms with Crippen molar-refractivity contribution < 1.29 is 27.5 Å². The first-order chi connectivity index (χ1) is 11.3. The summed E-state index contributed by atoms with van der Waals surface area (Å²) < 4.78 is 44.3. The van der Waals surface area contributed by atoms with Crippen LogP contribution in [0.25, 0.3) is 0 Å². The lowest BCUT2D eigenvalue weighted by Crippen LogP contribution is -2.48. The summed E-state index contributed by atoms with van der Waals surface area (Å²) in [5.74, 6) is -1.91. The van der Waals surface area contributed by atoms with E-state index < -0.39 is 24.0 Å². The zero-order valence-electron chi connectivity index (χ0n) is 13.4. The minimum absolute atomic E-state index is 0.0377. The molecule has 1 N–H and O–H groups in total. The van der Waals surface area contributed by atoms with Crippen LogP contribution in [0.5, 0.6) is 5.75 Å². The Morgan fingerprint density at radius 1 is 1.25 bits per heavy atom. The number of amides is 1. The molecule has 0 bridgehead atoms. The van der Waals surface area contributed by atoms with Crippen LogP contribution in [0.4, 0.5) is 13.2 Å². The standard InChI is InChI=1S/C17H20F3NO3/c1-11(22)12-5-4-6-13(9-12)24-10-16(23)21-15-8-3-2-7-14(15)17(18,19)20/h4-6,9,14-15H,2-3,7-8,10H2,1H3,(H,21,23)/t14-,15+/m0/s1. The fourth-order valence-electron chi connectivity index (χ4n) is 2.90. The topological polar surface area (TPSA) is 55.4 Å². The van der Waals surface area contributed by atoms with Gasteiger partial charge in [0.1, 0.15) is 5.75 Å². The van der Waals surface area contributed by atoms with Crippen LogP contribution >= 0.6 is 0 Å². The lowest BCUT2D eigenvalue weighted by molar-refractivity contribution is -0.189. The van der Waals surface area contributed by atoms with E-state index in [9.17, 15) is 22.8 Å². The zero-order valence-corrected chi connectivity index (χ0v) is 13.4. The van der Waals surface area contributed by atoms with Crippen molar-refractivity contribution in [2.75, 3.05) is 6.61 Å². The van der Waals surface area contributed by atoms with Gasteiger partial charge in [0.2, 0.25) is 0 Å². The highest BCUT2D eigenvalue weighted by molar-refractivity contribution is 5.94. The summed E-state index contributed by atoms with van der Waals surface area (Å²) >= 11 is 0. The molecule has 2 atom stereocenters. The van der Waals surface area contributed by atoms with Crippen LogP contribution in [-0.2, 0) is 4.79 Å². The summed E-state index contributed by atoms with van der Waals surface area (Å²) in [6.07, 6.45) is -2.77. The van der Waals surface area contributed by atoms with Crippen molar-refractivity contribution in [3.05, 3.63) is 29.8 Å². The van der Waals surface area contributed by atoms with Crippen molar-refractivity contribution in [3.63, 3.8) is 0 Å². The van der Waals surface area contributed by atoms with Crippen molar-refractivity contribution in [2.45, 2.75) is 44.8 Å². The van der Waals surface area contributed by atoms with E-state index in [0.29, 0.717) is 30.6 Å². The molecule has 1 aliphatic rings. The molecule has 0 aliphatic heterocycles. The molecule has 2 rings (SSSR count). The fourth-order valence-corrected chi connectivity index (χ4v) is 2.90. The van der Waals surface area contributed by atoms with E-state index in [1.807, 2.05) is 0 Å². The first-order valence-corrected chi connectivity index (χ1v) is 7.87. The van der Waals surface area contributed by atoms with Crippen LogP contribution in [0.2, 0.25) is 0 Å². The lowest BCUT2D eigenvalue weighted by Gasteiger charge is -2.33. The molecule has 24 heavy (non-hydrogen) atoms. The van der Waals surface area contributed by atoms with Crippen LogP contribution < -0.4 is 10.1 Å². The Labute approximate surface area is 138 Å². The van der Waals surface area contributed by atoms with E-state index in [0.717, 1.165) is 0 Å². The number of carbonyl (C=O) groups is 2. The predicted molar refractivity (Wildman–Crippen MR) is 81.9 cm³/mol. The van der Waals surface area contributed by atoms with Gasteiger partial charge in [-0.05, 0) is 31.9 Å². The van der Waals surface area contributed by atoms with Gasteiger partial charge in [0.25, 0.3) is 5.91 Å². The number of hydrogen-bond donors (Lipinski definition) is 1. The van der Waals surface area contributed by atoms with E-state index in [1.165, 1.54) is 13.0 Å². The molecular weight excluding hydrogens is 323 g/mol. The molecule has 1 aromatic carbocycles. The van der Waals surface area contributed by atoms with Crippen molar-refractivity contribution in [3.8, 4) is 5.75 Å². The van der Waals surface area contributed by atoms with Gasteiger partial charge in [-0.1, -0.05) is 25.0 Å². The maximum Gasteiger partial charge on any atom is 0.393 e. The monoisotopic (exact) mass is 343 g/mol. The van der Waals surface area contributed by atoms with Crippen LogP contribution in [0.1, 0.15) is 43.0 Å². The van der Waals surface area contributed by atoms with E-state index >= 15 is 0 Å². The first-order valence-electron chi connectivity index (χ1n) is 7.87. The van der Waals surface area contributed by atoms with Gasteiger partial charge >= 0.3 is 6.18 Å². The molecule has 7 heteroatoms. The maximum atomic E-state index is 13.0. The average molecular weight is 343 g/mol. The smallest absolute Gasteiger partial charge is 0.393 e. The fraction of sp³-hybridized carbons (Fsp3) is 0.529. The van der Waals surface area contributed by atoms with Gasteiger partial charge in [0, 0.05) is 11.6 Å². The highest BCUT2D eigenvalue weighted by Gasteiger charge is 2.45. The number of halogens is 3. The Balaban J connectivity index is 1.90. The number of alkyl halides is 3. The second-order valence-corrected chi connectivity index (χ2v) is 5.98. The van der Waals surface area contributed by atoms with Gasteiger partial charge in [-0.3, -0.25) is 9.59 Å². The van der Waals surface area contributed by atoms with Gasteiger partial charge in [-0.2, -0.15) is 13.2 Å². The van der Waals surface area contributed by atoms with Crippen LogP contribution in [-0.4, -0.2) is 30.5 Å². The molecule has 0 unspecified atom stereocenters. The molecule has 1 saturated carbocycles. The number of ketones is 1. The molecule has 0 radical (unpaired) electrons. The Hall–Kier alpha value is -2.05. The highest BCUT2D eigenvalue weighted by Crippen LogP contribution is 2.37. The third-order valence-electron chi connectivity index (χ3n) is 4.14. The lowest BCUT2D eigenvalue weighted by atomic mass is 9.84. The molecule has 1 aromatic rings. The summed E-state index contributed by atoms with van der Waals surface area (Å²) in [5.41, 5.74) is 0.442. The van der Waals surface area contributed by atoms with Crippen molar-refractivity contribution in [2.24, 2.45) is 5.92 Å². The third kappa shape index (κ3) is 4.97. The molecule has 0 aromatic heterocycles. The number of hydrogen-bond acceptors (Lipinski definition) is 3. The van der Waals surface area contributed by atoms with Crippen molar-refractivity contribution in [1.82, 2.24) is 5.32 Å².